The van der Waals surface area contributed by atoms with Gasteiger partial charge in [0.25, 0.3) is 0 Å². The molecule has 3 rings (SSSR count). The van der Waals surface area contributed by atoms with E-state index in [9.17, 15) is 19.5 Å². The summed E-state index contributed by atoms with van der Waals surface area (Å²) >= 11 is 0. The SMILES string of the molecule is CCOC(=O)C(CCCCCCCC1CCNCC1)N[C@H]1COc2ccccc2N(CC(=O)O)C1=O. The lowest BCUT2D eigenvalue weighted by Crippen LogP contribution is -2.54. The van der Waals surface area contributed by atoms with Crippen molar-refractivity contribution in [1.29, 1.82) is 0 Å². The van der Waals surface area contributed by atoms with Crippen molar-refractivity contribution in [2.24, 2.45) is 5.92 Å². The maximum absolute atomic E-state index is 13.3. The van der Waals surface area contributed by atoms with Crippen molar-refractivity contribution in [2.75, 3.05) is 37.7 Å². The van der Waals surface area contributed by atoms with Crippen molar-refractivity contribution < 1.29 is 29.0 Å². The molecular formula is C27H41N3O6. The highest BCUT2D eigenvalue weighted by Gasteiger charge is 2.35. The molecule has 2 aliphatic heterocycles. The Labute approximate surface area is 213 Å². The summed E-state index contributed by atoms with van der Waals surface area (Å²) in [4.78, 5) is 38.6. The van der Waals surface area contributed by atoms with Gasteiger partial charge in [0.05, 0.1) is 12.3 Å². The highest BCUT2D eigenvalue weighted by Crippen LogP contribution is 2.31. The number of hydrogen-bond donors (Lipinski definition) is 3. The Hall–Kier alpha value is -2.65. The standard InChI is InChI=1S/C27H41N3O6/c1-2-35-27(34)21(11-7-5-3-4-6-10-20-14-16-28-17-15-20)29-22-19-36-24-13-9-8-12-23(24)30(26(22)33)18-25(31)32/h8-9,12-13,20-22,28-29H,2-7,10-11,14-19H2,1H3,(H,31,32)/t21?,22-/m0/s1. The molecule has 2 atom stereocenters. The topological polar surface area (TPSA) is 117 Å². The van der Waals surface area contributed by atoms with E-state index in [-0.39, 0.29) is 13.2 Å². The van der Waals surface area contributed by atoms with Gasteiger partial charge < -0.3 is 19.9 Å². The van der Waals surface area contributed by atoms with Crippen molar-refractivity contribution in [3.05, 3.63) is 24.3 Å². The average molecular weight is 504 g/mol. The number of esters is 1. The molecule has 0 aliphatic carbocycles. The van der Waals surface area contributed by atoms with Gasteiger partial charge >= 0.3 is 11.9 Å². The van der Waals surface area contributed by atoms with E-state index in [0.29, 0.717) is 17.9 Å². The third kappa shape index (κ3) is 8.48. The number of rotatable bonds is 14. The maximum atomic E-state index is 13.3. The van der Waals surface area contributed by atoms with Crippen LogP contribution < -0.4 is 20.3 Å². The number of fused-ring (bicyclic) bond motifs is 1. The number of anilines is 1. The number of nitrogens with one attached hydrogen (secondary N) is 2. The second kappa shape index (κ2) is 14.8. The van der Waals surface area contributed by atoms with Crippen LogP contribution in [0.3, 0.4) is 0 Å². The zero-order valence-corrected chi connectivity index (χ0v) is 21.4. The fourth-order valence-corrected chi connectivity index (χ4v) is 5.01. The van der Waals surface area contributed by atoms with Crippen LogP contribution in [0.2, 0.25) is 0 Å². The van der Waals surface area contributed by atoms with Gasteiger partial charge in [-0.3, -0.25) is 24.6 Å². The van der Waals surface area contributed by atoms with Crippen molar-refractivity contribution in [1.82, 2.24) is 10.6 Å². The molecule has 200 valence electrons. The zero-order valence-electron chi connectivity index (χ0n) is 21.4. The molecule has 1 aromatic carbocycles. The molecule has 36 heavy (non-hydrogen) atoms. The monoisotopic (exact) mass is 503 g/mol. The Morgan fingerprint density at radius 3 is 2.64 bits per heavy atom. The van der Waals surface area contributed by atoms with Crippen LogP contribution in [0.4, 0.5) is 5.69 Å². The number of nitrogens with zero attached hydrogens (tertiary/aromatic N) is 1. The predicted octanol–water partition coefficient (Wildman–Crippen LogP) is 3.12. The summed E-state index contributed by atoms with van der Waals surface area (Å²) in [6.07, 6.45) is 9.82. The number of unbranched alkanes of at least 4 members (excludes halogenated alkanes) is 4. The van der Waals surface area contributed by atoms with Crippen LogP contribution in [0.1, 0.15) is 64.7 Å². The largest absolute Gasteiger partial charge is 0.489 e. The number of para-hydroxylation sites is 2. The van der Waals surface area contributed by atoms with Crippen molar-refractivity contribution in [2.45, 2.75) is 76.8 Å². The van der Waals surface area contributed by atoms with Crippen LogP contribution in [-0.2, 0) is 19.1 Å². The molecule has 0 radical (unpaired) electrons. The fourth-order valence-electron chi connectivity index (χ4n) is 5.01. The predicted molar refractivity (Wildman–Crippen MR) is 137 cm³/mol. The van der Waals surface area contributed by atoms with Crippen LogP contribution in [0.15, 0.2) is 24.3 Å². The number of carboxylic acids is 1. The van der Waals surface area contributed by atoms with Gasteiger partial charge in [-0.15, -0.1) is 0 Å². The summed E-state index contributed by atoms with van der Waals surface area (Å²) in [5.74, 6) is -0.665. The summed E-state index contributed by atoms with van der Waals surface area (Å²) in [6.45, 7) is 3.79. The van der Waals surface area contributed by atoms with Crippen molar-refractivity contribution in [3.63, 3.8) is 0 Å². The van der Waals surface area contributed by atoms with E-state index in [0.717, 1.165) is 38.3 Å². The summed E-state index contributed by atoms with van der Waals surface area (Å²) in [5, 5.41) is 15.9. The molecule has 1 saturated heterocycles. The van der Waals surface area contributed by atoms with Gasteiger partial charge in [-0.25, -0.2) is 0 Å². The van der Waals surface area contributed by atoms with E-state index >= 15 is 0 Å². The van der Waals surface area contributed by atoms with Gasteiger partial charge in [-0.1, -0.05) is 50.7 Å². The van der Waals surface area contributed by atoms with Gasteiger partial charge in [0.15, 0.2) is 0 Å². The number of carbonyl (C=O) groups is 3. The van der Waals surface area contributed by atoms with E-state index in [1.807, 2.05) is 0 Å². The third-order valence-electron chi connectivity index (χ3n) is 6.96. The molecule has 1 unspecified atom stereocenters. The minimum absolute atomic E-state index is 0.00143. The lowest BCUT2D eigenvalue weighted by Gasteiger charge is -2.26. The second-order valence-corrected chi connectivity index (χ2v) is 9.66. The first-order valence-corrected chi connectivity index (χ1v) is 13.4. The number of amides is 1. The van der Waals surface area contributed by atoms with E-state index in [4.69, 9.17) is 9.47 Å². The Balaban J connectivity index is 1.52. The Bertz CT molecular complexity index is 858. The molecule has 2 heterocycles. The fraction of sp³-hybridized carbons (Fsp3) is 0.667. The summed E-state index contributed by atoms with van der Waals surface area (Å²) < 4.78 is 11.1. The van der Waals surface area contributed by atoms with Gasteiger partial charge in [0.1, 0.15) is 31.0 Å². The highest BCUT2D eigenvalue weighted by molar-refractivity contribution is 6.02. The van der Waals surface area contributed by atoms with E-state index in [1.54, 1.807) is 31.2 Å². The number of carboxylic acid groups (broad SMARTS) is 1. The lowest BCUT2D eigenvalue weighted by atomic mass is 9.92. The quantitative estimate of drug-likeness (QED) is 0.262. The smallest absolute Gasteiger partial charge is 0.323 e. The first kappa shape index (κ1) is 27.9. The minimum Gasteiger partial charge on any atom is -0.489 e. The molecule has 2 aliphatic rings. The summed E-state index contributed by atoms with van der Waals surface area (Å²) in [7, 11) is 0. The number of carbonyl (C=O) groups excluding carboxylic acids is 2. The zero-order chi connectivity index (χ0) is 25.8. The Morgan fingerprint density at radius 2 is 1.89 bits per heavy atom. The van der Waals surface area contributed by atoms with Gasteiger partial charge in [-0.05, 0) is 57.3 Å². The number of piperidine rings is 1. The molecule has 9 nitrogen and oxygen atoms in total. The minimum atomic E-state index is -1.12. The first-order valence-electron chi connectivity index (χ1n) is 13.4. The van der Waals surface area contributed by atoms with Gasteiger partial charge in [0, 0.05) is 0 Å². The van der Waals surface area contributed by atoms with E-state index in [2.05, 4.69) is 10.6 Å². The summed E-state index contributed by atoms with van der Waals surface area (Å²) in [5.41, 5.74) is 0.409. The highest BCUT2D eigenvalue weighted by atomic mass is 16.5. The van der Waals surface area contributed by atoms with Gasteiger partial charge in [0.2, 0.25) is 5.91 Å². The molecule has 1 fully saturated rings. The van der Waals surface area contributed by atoms with Crippen molar-refractivity contribution >= 4 is 23.5 Å². The molecule has 3 N–H and O–H groups in total. The molecule has 0 spiro atoms. The molecule has 1 amide bonds. The van der Waals surface area contributed by atoms with Gasteiger partial charge in [-0.2, -0.15) is 0 Å². The average Bonchev–Trinajstić information content (AvgIpc) is 3.00. The molecule has 0 bridgehead atoms. The number of benzene rings is 1. The number of hydrogen-bond acceptors (Lipinski definition) is 7. The third-order valence-corrected chi connectivity index (χ3v) is 6.96. The first-order chi connectivity index (χ1) is 17.5. The molecule has 1 aromatic rings. The molecule has 9 heteroatoms. The van der Waals surface area contributed by atoms with Crippen LogP contribution in [0.25, 0.3) is 0 Å². The lowest BCUT2D eigenvalue weighted by molar-refractivity contribution is -0.146. The van der Waals surface area contributed by atoms with Crippen molar-refractivity contribution in [3.8, 4) is 5.75 Å². The van der Waals surface area contributed by atoms with Crippen LogP contribution in [-0.4, -0.2) is 67.9 Å². The van der Waals surface area contributed by atoms with Crippen LogP contribution in [0, 0.1) is 5.92 Å². The summed E-state index contributed by atoms with van der Waals surface area (Å²) in [6, 6.07) is 5.33. The normalized spacial score (nSPS) is 19.2. The van der Waals surface area contributed by atoms with E-state index in [1.165, 1.54) is 37.0 Å². The van der Waals surface area contributed by atoms with E-state index < -0.39 is 36.5 Å². The number of ether oxygens (including phenoxy) is 2. The number of aliphatic carboxylic acids is 1. The Morgan fingerprint density at radius 1 is 1.17 bits per heavy atom. The molecular weight excluding hydrogens is 462 g/mol. The Kier molecular flexibility index (Phi) is 11.5. The van der Waals surface area contributed by atoms with Crippen LogP contribution >= 0.6 is 0 Å². The molecule has 0 saturated carbocycles. The maximum Gasteiger partial charge on any atom is 0.323 e. The second-order valence-electron chi connectivity index (χ2n) is 9.66. The van der Waals surface area contributed by atoms with Crippen LogP contribution in [0.5, 0.6) is 5.75 Å². The molecule has 0 aromatic heterocycles.